The van der Waals surface area contributed by atoms with Gasteiger partial charge in [-0.15, -0.1) is 0 Å². The van der Waals surface area contributed by atoms with Crippen LogP contribution in [0.15, 0.2) is 0 Å². The lowest BCUT2D eigenvalue weighted by molar-refractivity contribution is -0.124. The van der Waals surface area contributed by atoms with Gasteiger partial charge in [-0.25, -0.2) is 0 Å². The van der Waals surface area contributed by atoms with Crippen LogP contribution in [-0.2, 0) is 9.47 Å². The molecule has 0 aromatic carbocycles. The first kappa shape index (κ1) is 12.9. The minimum Gasteiger partial charge on any atom is -0.387 e. The molecule has 0 aliphatic carbocycles. The third-order valence-corrected chi connectivity index (χ3v) is 3.26. The van der Waals surface area contributed by atoms with Crippen molar-refractivity contribution < 1.29 is 14.6 Å². The van der Waals surface area contributed by atoms with Gasteiger partial charge in [0.25, 0.3) is 0 Å². The normalized spacial score (nSPS) is 32.6. The highest BCUT2D eigenvalue weighted by molar-refractivity contribution is 5.02. The zero-order valence-corrected chi connectivity index (χ0v) is 10.8. The molecule has 1 N–H and O–H groups in total. The zero-order valence-electron chi connectivity index (χ0n) is 10.8. The van der Waals surface area contributed by atoms with E-state index in [9.17, 15) is 5.11 Å². The minimum absolute atomic E-state index is 0.0972. The summed E-state index contributed by atoms with van der Waals surface area (Å²) >= 11 is 0. The Hall–Kier alpha value is -0.120. The number of ether oxygens (including phenoxy) is 2. The zero-order chi connectivity index (χ0) is 11.9. The Bertz CT molecular complexity index is 231. The van der Waals surface area contributed by atoms with E-state index in [-0.39, 0.29) is 17.1 Å². The standard InChI is InChI=1S/C12H24O3/c1-10(2)7-9(11(3,4)15-10)12(5,13)8-14-6/h9,13H,7-8H2,1-6H3. The molecule has 0 bridgehead atoms. The summed E-state index contributed by atoms with van der Waals surface area (Å²) in [6, 6.07) is 0. The van der Waals surface area contributed by atoms with E-state index in [2.05, 4.69) is 13.8 Å². The SMILES string of the molecule is COCC(C)(O)C1CC(C)(C)OC1(C)C. The van der Waals surface area contributed by atoms with Crippen molar-refractivity contribution in [3.05, 3.63) is 0 Å². The molecule has 15 heavy (non-hydrogen) atoms. The lowest BCUT2D eigenvalue weighted by Crippen LogP contribution is -2.47. The average molecular weight is 216 g/mol. The van der Waals surface area contributed by atoms with E-state index < -0.39 is 5.60 Å². The summed E-state index contributed by atoms with van der Waals surface area (Å²) in [5.41, 5.74) is -1.29. The Morgan fingerprint density at radius 3 is 2.27 bits per heavy atom. The molecule has 90 valence electrons. The van der Waals surface area contributed by atoms with E-state index in [0.717, 1.165) is 6.42 Å². The fourth-order valence-electron chi connectivity index (χ4n) is 2.92. The first-order valence-electron chi connectivity index (χ1n) is 5.52. The van der Waals surface area contributed by atoms with E-state index in [4.69, 9.17) is 9.47 Å². The first-order chi connectivity index (χ1) is 6.61. The van der Waals surface area contributed by atoms with Crippen molar-refractivity contribution in [1.82, 2.24) is 0 Å². The van der Waals surface area contributed by atoms with E-state index in [0.29, 0.717) is 6.61 Å². The van der Waals surface area contributed by atoms with Crippen LogP contribution in [0.5, 0.6) is 0 Å². The summed E-state index contributed by atoms with van der Waals surface area (Å²) in [5, 5.41) is 10.4. The van der Waals surface area contributed by atoms with Crippen LogP contribution in [0.3, 0.4) is 0 Å². The lowest BCUT2D eigenvalue weighted by atomic mass is 9.76. The van der Waals surface area contributed by atoms with Crippen molar-refractivity contribution >= 4 is 0 Å². The largest absolute Gasteiger partial charge is 0.387 e. The highest BCUT2D eigenvalue weighted by Gasteiger charge is 2.53. The third kappa shape index (κ3) is 2.71. The molecule has 1 saturated heterocycles. The second kappa shape index (κ2) is 3.72. The monoisotopic (exact) mass is 216 g/mol. The van der Waals surface area contributed by atoms with Crippen molar-refractivity contribution in [3.63, 3.8) is 0 Å². The smallest absolute Gasteiger partial charge is 0.0908 e. The van der Waals surface area contributed by atoms with Gasteiger partial charge in [-0.3, -0.25) is 0 Å². The van der Waals surface area contributed by atoms with Crippen molar-refractivity contribution in [2.45, 2.75) is 57.8 Å². The van der Waals surface area contributed by atoms with E-state index in [1.807, 2.05) is 20.8 Å². The topological polar surface area (TPSA) is 38.7 Å². The Morgan fingerprint density at radius 1 is 1.40 bits per heavy atom. The fraction of sp³-hybridized carbons (Fsp3) is 1.00. The van der Waals surface area contributed by atoms with Crippen LogP contribution in [0.2, 0.25) is 0 Å². The van der Waals surface area contributed by atoms with Crippen LogP contribution in [0.4, 0.5) is 0 Å². The van der Waals surface area contributed by atoms with Crippen LogP contribution in [0.25, 0.3) is 0 Å². The maximum atomic E-state index is 10.4. The molecule has 0 saturated carbocycles. The van der Waals surface area contributed by atoms with Gasteiger partial charge in [-0.1, -0.05) is 0 Å². The number of hydrogen-bond donors (Lipinski definition) is 1. The van der Waals surface area contributed by atoms with Crippen LogP contribution in [-0.4, -0.2) is 35.6 Å². The van der Waals surface area contributed by atoms with Crippen LogP contribution < -0.4 is 0 Å². The van der Waals surface area contributed by atoms with Crippen molar-refractivity contribution in [1.29, 1.82) is 0 Å². The van der Waals surface area contributed by atoms with E-state index in [1.54, 1.807) is 7.11 Å². The summed E-state index contributed by atoms with van der Waals surface area (Å²) in [4.78, 5) is 0. The number of methoxy groups -OCH3 is 1. The first-order valence-corrected chi connectivity index (χ1v) is 5.52. The summed E-state index contributed by atoms with van der Waals surface area (Å²) in [5.74, 6) is 0.0972. The van der Waals surface area contributed by atoms with Crippen molar-refractivity contribution in [2.75, 3.05) is 13.7 Å². The number of aliphatic hydroxyl groups is 1. The van der Waals surface area contributed by atoms with Gasteiger partial charge < -0.3 is 14.6 Å². The molecule has 1 aliphatic heterocycles. The van der Waals surface area contributed by atoms with E-state index in [1.165, 1.54) is 0 Å². The second-order valence-electron chi connectivity index (χ2n) is 6.01. The summed E-state index contributed by atoms with van der Waals surface area (Å²) in [6.07, 6.45) is 0.858. The molecule has 0 radical (unpaired) electrons. The predicted octanol–water partition coefficient (Wildman–Crippen LogP) is 1.98. The molecule has 1 aliphatic rings. The Morgan fingerprint density at radius 2 is 1.93 bits per heavy atom. The van der Waals surface area contributed by atoms with Crippen LogP contribution in [0.1, 0.15) is 41.0 Å². The Balaban J connectivity index is 2.86. The van der Waals surface area contributed by atoms with Gasteiger partial charge in [0.1, 0.15) is 0 Å². The van der Waals surface area contributed by atoms with Gasteiger partial charge in [-0.2, -0.15) is 0 Å². The third-order valence-electron chi connectivity index (χ3n) is 3.26. The second-order valence-corrected chi connectivity index (χ2v) is 6.01. The minimum atomic E-state index is -0.827. The molecule has 3 nitrogen and oxygen atoms in total. The Kier molecular flexibility index (Phi) is 3.21. The van der Waals surface area contributed by atoms with Crippen molar-refractivity contribution in [2.24, 2.45) is 5.92 Å². The lowest BCUT2D eigenvalue weighted by Gasteiger charge is -2.37. The summed E-state index contributed by atoms with van der Waals surface area (Å²) in [7, 11) is 1.61. The van der Waals surface area contributed by atoms with Gasteiger partial charge >= 0.3 is 0 Å². The molecule has 1 heterocycles. The predicted molar refractivity (Wildman–Crippen MR) is 59.8 cm³/mol. The Labute approximate surface area is 92.8 Å². The molecule has 2 atom stereocenters. The average Bonchev–Trinajstić information content (AvgIpc) is 2.19. The highest BCUT2D eigenvalue weighted by Crippen LogP contribution is 2.46. The number of rotatable bonds is 3. The van der Waals surface area contributed by atoms with Crippen molar-refractivity contribution in [3.8, 4) is 0 Å². The maximum absolute atomic E-state index is 10.4. The highest BCUT2D eigenvalue weighted by atomic mass is 16.5. The molecule has 0 aromatic rings. The van der Waals surface area contributed by atoms with Crippen LogP contribution in [0, 0.1) is 5.92 Å². The molecular formula is C12H24O3. The molecule has 2 unspecified atom stereocenters. The van der Waals surface area contributed by atoms with Gasteiger partial charge in [0.2, 0.25) is 0 Å². The molecular weight excluding hydrogens is 192 g/mol. The quantitative estimate of drug-likeness (QED) is 0.784. The van der Waals surface area contributed by atoms with E-state index >= 15 is 0 Å². The molecule has 0 amide bonds. The van der Waals surface area contributed by atoms with Gasteiger partial charge in [0, 0.05) is 13.0 Å². The summed E-state index contributed by atoms with van der Waals surface area (Å²) < 4.78 is 11.0. The van der Waals surface area contributed by atoms with Crippen LogP contribution >= 0.6 is 0 Å². The fourth-order valence-corrected chi connectivity index (χ4v) is 2.92. The maximum Gasteiger partial charge on any atom is 0.0908 e. The van der Waals surface area contributed by atoms with Gasteiger partial charge in [0.15, 0.2) is 0 Å². The molecule has 0 aromatic heterocycles. The molecule has 1 rings (SSSR count). The molecule has 1 fully saturated rings. The van der Waals surface area contributed by atoms with Gasteiger partial charge in [0.05, 0.1) is 23.4 Å². The van der Waals surface area contributed by atoms with Gasteiger partial charge in [-0.05, 0) is 41.0 Å². The molecule has 0 spiro atoms. The molecule has 3 heteroatoms. The summed E-state index contributed by atoms with van der Waals surface area (Å²) in [6.45, 7) is 10.4. The number of hydrogen-bond acceptors (Lipinski definition) is 3.